The van der Waals surface area contributed by atoms with Crippen LogP contribution >= 0.6 is 0 Å². The second-order valence-electron chi connectivity index (χ2n) is 5.81. The van der Waals surface area contributed by atoms with Gasteiger partial charge in [-0.2, -0.15) is 0 Å². The van der Waals surface area contributed by atoms with E-state index in [9.17, 15) is 0 Å². The lowest BCUT2D eigenvalue weighted by Gasteiger charge is -2.34. The topological polar surface area (TPSA) is 35.5 Å². The van der Waals surface area contributed by atoms with E-state index in [2.05, 4.69) is 41.4 Å². The summed E-state index contributed by atoms with van der Waals surface area (Å²) in [6, 6.07) is 9.44. The summed E-state index contributed by atoms with van der Waals surface area (Å²) in [5.41, 5.74) is 2.69. The summed E-state index contributed by atoms with van der Waals surface area (Å²) in [7, 11) is 2.02. The fourth-order valence-corrected chi connectivity index (χ4v) is 3.24. The van der Waals surface area contributed by atoms with Crippen LogP contribution in [0.25, 0.3) is 0 Å². The van der Waals surface area contributed by atoms with Gasteiger partial charge in [0.05, 0.1) is 0 Å². The van der Waals surface area contributed by atoms with Crippen LogP contribution < -0.4 is 10.2 Å². The lowest BCUT2D eigenvalue weighted by Crippen LogP contribution is -2.35. The zero-order valence-electron chi connectivity index (χ0n) is 12.8. The average molecular weight is 276 g/mol. The monoisotopic (exact) mass is 276 g/mol. The first kappa shape index (κ1) is 15.3. The molecular formula is C17H28N2O. The van der Waals surface area contributed by atoms with Crippen molar-refractivity contribution in [1.29, 1.82) is 0 Å². The highest BCUT2D eigenvalue weighted by atomic mass is 16.3. The predicted molar refractivity (Wildman–Crippen MR) is 85.2 cm³/mol. The third kappa shape index (κ3) is 3.74. The molecule has 0 saturated carbocycles. The van der Waals surface area contributed by atoms with E-state index >= 15 is 0 Å². The Bertz CT molecular complexity index is 384. The molecule has 0 radical (unpaired) electrons. The molecule has 1 aliphatic rings. The summed E-state index contributed by atoms with van der Waals surface area (Å²) in [6.45, 7) is 4.75. The molecule has 1 aromatic rings. The Morgan fingerprint density at radius 1 is 1.35 bits per heavy atom. The highest BCUT2D eigenvalue weighted by molar-refractivity contribution is 5.48. The molecule has 0 spiro atoms. The van der Waals surface area contributed by atoms with E-state index < -0.39 is 0 Å². The van der Waals surface area contributed by atoms with Crippen molar-refractivity contribution in [2.75, 3.05) is 31.6 Å². The van der Waals surface area contributed by atoms with Crippen molar-refractivity contribution in [2.24, 2.45) is 5.92 Å². The Balaban J connectivity index is 2.02. The molecule has 0 bridgehead atoms. The van der Waals surface area contributed by atoms with Gasteiger partial charge < -0.3 is 15.3 Å². The molecule has 0 amide bonds. The number of nitrogens with one attached hydrogen (secondary N) is 1. The smallest absolute Gasteiger partial charge is 0.0434 e. The van der Waals surface area contributed by atoms with Crippen LogP contribution in [-0.4, -0.2) is 31.9 Å². The number of benzene rings is 1. The summed E-state index contributed by atoms with van der Waals surface area (Å²) in [5, 5.41) is 12.5. The Morgan fingerprint density at radius 3 is 2.70 bits per heavy atom. The van der Waals surface area contributed by atoms with Crippen LogP contribution in [0.4, 0.5) is 5.69 Å². The van der Waals surface area contributed by atoms with Gasteiger partial charge in [-0.1, -0.05) is 19.1 Å². The second-order valence-corrected chi connectivity index (χ2v) is 5.81. The van der Waals surface area contributed by atoms with Gasteiger partial charge in [0.25, 0.3) is 0 Å². The first-order valence-electron chi connectivity index (χ1n) is 7.91. The largest absolute Gasteiger partial charge is 0.396 e. The van der Waals surface area contributed by atoms with Crippen molar-refractivity contribution in [1.82, 2.24) is 5.32 Å². The number of anilines is 1. The van der Waals surface area contributed by atoms with Crippen molar-refractivity contribution < 1.29 is 5.11 Å². The van der Waals surface area contributed by atoms with Gasteiger partial charge in [-0.25, -0.2) is 0 Å². The lowest BCUT2D eigenvalue weighted by molar-refractivity contribution is 0.244. The van der Waals surface area contributed by atoms with Crippen LogP contribution in [0.1, 0.15) is 44.2 Å². The molecule has 2 atom stereocenters. The van der Waals surface area contributed by atoms with Crippen LogP contribution in [0.3, 0.4) is 0 Å². The number of hydrogen-bond acceptors (Lipinski definition) is 3. The van der Waals surface area contributed by atoms with Gasteiger partial charge in [0, 0.05) is 31.4 Å². The Labute approximate surface area is 123 Å². The van der Waals surface area contributed by atoms with E-state index in [0.717, 1.165) is 25.9 Å². The van der Waals surface area contributed by atoms with Crippen LogP contribution in [0.2, 0.25) is 0 Å². The van der Waals surface area contributed by atoms with E-state index in [1.807, 2.05) is 7.05 Å². The van der Waals surface area contributed by atoms with Crippen molar-refractivity contribution in [3.63, 3.8) is 0 Å². The first-order valence-corrected chi connectivity index (χ1v) is 7.91. The van der Waals surface area contributed by atoms with E-state index in [4.69, 9.17) is 5.11 Å². The Kier molecular flexibility index (Phi) is 5.86. The zero-order chi connectivity index (χ0) is 14.4. The number of aliphatic hydroxyl groups is 1. The summed E-state index contributed by atoms with van der Waals surface area (Å²) in [5.74, 6) is 0.647. The molecule has 1 heterocycles. The van der Waals surface area contributed by atoms with Gasteiger partial charge >= 0.3 is 0 Å². The number of hydrogen-bond donors (Lipinski definition) is 2. The third-order valence-corrected chi connectivity index (χ3v) is 4.47. The summed E-state index contributed by atoms with van der Waals surface area (Å²) >= 11 is 0. The maximum atomic E-state index is 9.10. The Hall–Kier alpha value is -1.06. The fourth-order valence-electron chi connectivity index (χ4n) is 3.24. The summed E-state index contributed by atoms with van der Waals surface area (Å²) in [4.78, 5) is 2.47. The summed E-state index contributed by atoms with van der Waals surface area (Å²) in [6.07, 6.45) is 4.54. The van der Waals surface area contributed by atoms with E-state index in [0.29, 0.717) is 18.6 Å². The molecular weight excluding hydrogens is 248 g/mol. The third-order valence-electron chi connectivity index (χ3n) is 4.47. The molecule has 0 aromatic heterocycles. The number of nitrogens with zero attached hydrogens (tertiary/aromatic N) is 1. The number of aliphatic hydroxyl groups excluding tert-OH is 1. The van der Waals surface area contributed by atoms with Crippen LogP contribution in [0, 0.1) is 5.92 Å². The van der Waals surface area contributed by atoms with Crippen molar-refractivity contribution in [3.8, 4) is 0 Å². The van der Waals surface area contributed by atoms with E-state index in [1.165, 1.54) is 24.1 Å². The van der Waals surface area contributed by atoms with Crippen LogP contribution in [0.15, 0.2) is 24.3 Å². The molecule has 0 aliphatic carbocycles. The minimum atomic E-state index is 0.317. The minimum Gasteiger partial charge on any atom is -0.396 e. The predicted octanol–water partition coefficient (Wildman–Crippen LogP) is 2.96. The molecule has 2 unspecified atom stereocenters. The van der Waals surface area contributed by atoms with Gasteiger partial charge in [-0.3, -0.25) is 0 Å². The van der Waals surface area contributed by atoms with Crippen molar-refractivity contribution in [3.05, 3.63) is 29.8 Å². The second kappa shape index (κ2) is 7.65. The maximum absolute atomic E-state index is 9.10. The maximum Gasteiger partial charge on any atom is 0.0434 e. The molecule has 3 nitrogen and oxygen atoms in total. The molecule has 2 rings (SSSR count). The highest BCUT2D eigenvalue weighted by Crippen LogP contribution is 2.26. The van der Waals surface area contributed by atoms with Gasteiger partial charge in [0.15, 0.2) is 0 Å². The SMILES string of the molecule is CCC(NC)c1ccc(N2CCCC(CCO)C2)cc1. The number of rotatable bonds is 6. The molecule has 1 aromatic carbocycles. The highest BCUT2D eigenvalue weighted by Gasteiger charge is 2.19. The fraction of sp³-hybridized carbons (Fsp3) is 0.647. The van der Waals surface area contributed by atoms with Crippen molar-refractivity contribution >= 4 is 5.69 Å². The molecule has 112 valence electrons. The average Bonchev–Trinajstić information content (AvgIpc) is 2.50. The number of piperidine rings is 1. The molecule has 20 heavy (non-hydrogen) atoms. The summed E-state index contributed by atoms with van der Waals surface area (Å²) < 4.78 is 0. The van der Waals surface area contributed by atoms with E-state index in [-0.39, 0.29) is 0 Å². The van der Waals surface area contributed by atoms with Crippen LogP contribution in [-0.2, 0) is 0 Å². The van der Waals surface area contributed by atoms with Gasteiger partial charge in [0.2, 0.25) is 0 Å². The Morgan fingerprint density at radius 2 is 2.10 bits per heavy atom. The van der Waals surface area contributed by atoms with Crippen LogP contribution in [0.5, 0.6) is 0 Å². The normalized spacial score (nSPS) is 20.9. The standard InChI is InChI=1S/C17H28N2O/c1-3-17(18-2)15-6-8-16(9-7-15)19-11-4-5-14(13-19)10-12-20/h6-9,14,17-18,20H,3-5,10-13H2,1-2H3. The lowest BCUT2D eigenvalue weighted by atomic mass is 9.94. The molecule has 2 N–H and O–H groups in total. The zero-order valence-corrected chi connectivity index (χ0v) is 12.8. The molecule has 3 heteroatoms. The van der Waals surface area contributed by atoms with Gasteiger partial charge in [-0.15, -0.1) is 0 Å². The van der Waals surface area contributed by atoms with E-state index in [1.54, 1.807) is 0 Å². The van der Waals surface area contributed by atoms with Crippen molar-refractivity contribution in [2.45, 2.75) is 38.6 Å². The molecule has 1 fully saturated rings. The van der Waals surface area contributed by atoms with Gasteiger partial charge in [0.1, 0.15) is 0 Å². The van der Waals surface area contributed by atoms with Gasteiger partial charge in [-0.05, 0) is 56.3 Å². The molecule has 1 aliphatic heterocycles. The minimum absolute atomic E-state index is 0.317. The molecule has 1 saturated heterocycles. The first-order chi connectivity index (χ1) is 9.78. The quantitative estimate of drug-likeness (QED) is 0.838.